The van der Waals surface area contributed by atoms with E-state index in [2.05, 4.69) is 19.2 Å². The van der Waals surface area contributed by atoms with Gasteiger partial charge in [0.2, 0.25) is 0 Å². The molecular formula is C16H24ClN2O2+. The van der Waals surface area contributed by atoms with Crippen molar-refractivity contribution in [1.29, 1.82) is 0 Å². The normalized spacial score (nSPS) is 25.7. The molecule has 5 heteroatoms. The Kier molecular flexibility index (Phi) is 5.25. The fourth-order valence-electron chi connectivity index (χ4n) is 3.02. The van der Waals surface area contributed by atoms with Crippen LogP contribution in [0.15, 0.2) is 12.1 Å². The quantitative estimate of drug-likeness (QED) is 0.890. The predicted molar refractivity (Wildman–Crippen MR) is 85.1 cm³/mol. The van der Waals surface area contributed by atoms with Crippen LogP contribution in [0, 0.1) is 13.8 Å². The van der Waals surface area contributed by atoms with Crippen LogP contribution in [0.5, 0.6) is 0 Å². The molecule has 1 aliphatic rings. The maximum atomic E-state index is 12.3. The van der Waals surface area contributed by atoms with Gasteiger partial charge in [0, 0.05) is 0 Å². The van der Waals surface area contributed by atoms with E-state index in [1.165, 1.54) is 4.90 Å². The van der Waals surface area contributed by atoms with Gasteiger partial charge in [0.05, 0.1) is 10.7 Å². The fourth-order valence-corrected chi connectivity index (χ4v) is 3.39. The number of halogens is 1. The Balaban J connectivity index is 1.99. The van der Waals surface area contributed by atoms with Crippen molar-refractivity contribution in [2.24, 2.45) is 0 Å². The molecule has 1 aromatic rings. The van der Waals surface area contributed by atoms with Gasteiger partial charge in [-0.2, -0.15) is 0 Å². The summed E-state index contributed by atoms with van der Waals surface area (Å²) in [5.41, 5.74) is 2.81. The number of morpholine rings is 1. The molecule has 0 unspecified atom stereocenters. The van der Waals surface area contributed by atoms with Gasteiger partial charge >= 0.3 is 0 Å². The number of hydrogen-bond donors (Lipinski definition) is 2. The minimum Gasteiger partial charge on any atom is -0.364 e. The highest BCUT2D eigenvalue weighted by molar-refractivity contribution is 6.34. The summed E-state index contributed by atoms with van der Waals surface area (Å²) >= 11 is 6.23. The zero-order chi connectivity index (χ0) is 15.6. The van der Waals surface area contributed by atoms with E-state index in [1.807, 2.05) is 26.0 Å². The summed E-state index contributed by atoms with van der Waals surface area (Å²) in [6, 6.07) is 3.89. The first kappa shape index (κ1) is 16.3. The van der Waals surface area contributed by atoms with Gasteiger partial charge in [-0.3, -0.25) is 4.79 Å². The van der Waals surface area contributed by atoms with Crippen LogP contribution >= 0.6 is 11.6 Å². The van der Waals surface area contributed by atoms with E-state index in [0.717, 1.165) is 29.9 Å². The summed E-state index contributed by atoms with van der Waals surface area (Å²) in [4.78, 5) is 13.5. The average Bonchev–Trinajstić information content (AvgIpc) is 2.32. The molecule has 1 heterocycles. The monoisotopic (exact) mass is 311 g/mol. The van der Waals surface area contributed by atoms with Gasteiger partial charge in [-0.05, 0) is 44.9 Å². The Morgan fingerprint density at radius 1 is 1.33 bits per heavy atom. The third-order valence-electron chi connectivity index (χ3n) is 3.72. The fraction of sp³-hybridized carbons (Fsp3) is 0.562. The molecule has 0 bridgehead atoms. The molecule has 1 saturated heterocycles. The molecule has 2 N–H and O–H groups in total. The number of ether oxygens (including phenoxy) is 1. The molecule has 2 atom stereocenters. The number of rotatable bonds is 3. The Hall–Kier alpha value is -1.10. The van der Waals surface area contributed by atoms with Gasteiger partial charge in [-0.25, -0.2) is 0 Å². The van der Waals surface area contributed by atoms with Crippen LogP contribution < -0.4 is 10.2 Å². The summed E-state index contributed by atoms with van der Waals surface area (Å²) in [5, 5.41) is 3.55. The standard InChI is InChI=1S/C16H23ClN2O2/c1-10-5-11(2)16(14(17)6-10)18-15(20)9-19-7-12(3)21-13(4)8-19/h5-6,12-13H,7-9H2,1-4H3,(H,18,20)/p+1/t12-,13-/m1/s1. The Bertz CT molecular complexity index is 500. The van der Waals surface area contributed by atoms with Crippen LogP contribution in [-0.2, 0) is 9.53 Å². The lowest BCUT2D eigenvalue weighted by molar-refractivity contribution is -0.907. The van der Waals surface area contributed by atoms with Gasteiger partial charge in [-0.15, -0.1) is 0 Å². The Morgan fingerprint density at radius 2 is 1.95 bits per heavy atom. The van der Waals surface area contributed by atoms with E-state index in [4.69, 9.17) is 16.3 Å². The number of anilines is 1. The SMILES string of the molecule is Cc1cc(C)c(NC(=O)C[NH+]2C[C@@H](C)O[C@H](C)C2)c(Cl)c1. The van der Waals surface area contributed by atoms with Crippen molar-refractivity contribution in [3.63, 3.8) is 0 Å². The van der Waals surface area contributed by atoms with Gasteiger partial charge in [-0.1, -0.05) is 17.7 Å². The first-order valence-corrected chi connectivity index (χ1v) is 7.78. The first-order valence-electron chi connectivity index (χ1n) is 7.40. The second kappa shape index (κ2) is 6.77. The molecule has 0 aromatic heterocycles. The van der Waals surface area contributed by atoms with Crippen molar-refractivity contribution in [1.82, 2.24) is 0 Å². The number of carbonyl (C=O) groups is 1. The second-order valence-electron chi connectivity index (χ2n) is 6.08. The van der Waals surface area contributed by atoms with E-state index < -0.39 is 0 Å². The number of benzene rings is 1. The average molecular weight is 312 g/mol. The van der Waals surface area contributed by atoms with E-state index in [9.17, 15) is 4.79 Å². The van der Waals surface area contributed by atoms with E-state index in [0.29, 0.717) is 11.6 Å². The lowest BCUT2D eigenvalue weighted by Crippen LogP contribution is -3.16. The van der Waals surface area contributed by atoms with Gasteiger partial charge in [0.1, 0.15) is 25.3 Å². The predicted octanol–water partition coefficient (Wildman–Crippen LogP) is 1.59. The second-order valence-corrected chi connectivity index (χ2v) is 6.49. The summed E-state index contributed by atoms with van der Waals surface area (Å²) in [5.74, 6) is 0.000142. The van der Waals surface area contributed by atoms with Crippen molar-refractivity contribution in [3.05, 3.63) is 28.3 Å². The van der Waals surface area contributed by atoms with Gasteiger partial charge in [0.25, 0.3) is 5.91 Å². The van der Waals surface area contributed by atoms with Crippen LogP contribution in [0.1, 0.15) is 25.0 Å². The Morgan fingerprint density at radius 3 is 2.52 bits per heavy atom. The zero-order valence-electron chi connectivity index (χ0n) is 13.1. The van der Waals surface area contributed by atoms with Gasteiger partial charge in [0.15, 0.2) is 6.54 Å². The molecule has 1 fully saturated rings. The summed E-state index contributed by atoms with van der Waals surface area (Å²) in [7, 11) is 0. The van der Waals surface area contributed by atoms with E-state index in [1.54, 1.807) is 0 Å². The minimum atomic E-state index is 0.000142. The Labute approximate surface area is 131 Å². The highest BCUT2D eigenvalue weighted by Crippen LogP contribution is 2.27. The highest BCUT2D eigenvalue weighted by atomic mass is 35.5. The summed E-state index contributed by atoms with van der Waals surface area (Å²) in [6.07, 6.45) is 0.391. The molecule has 0 aliphatic carbocycles. The van der Waals surface area contributed by atoms with Crippen molar-refractivity contribution in [2.75, 3.05) is 25.0 Å². The lowest BCUT2D eigenvalue weighted by atomic mass is 10.1. The molecule has 0 saturated carbocycles. The van der Waals surface area contributed by atoms with Gasteiger partial charge < -0.3 is 15.0 Å². The molecule has 0 spiro atoms. The molecule has 2 rings (SSSR count). The third-order valence-corrected chi connectivity index (χ3v) is 4.02. The molecule has 21 heavy (non-hydrogen) atoms. The maximum Gasteiger partial charge on any atom is 0.279 e. The number of hydrogen-bond acceptors (Lipinski definition) is 2. The molecule has 1 amide bonds. The van der Waals surface area contributed by atoms with Crippen LogP contribution in [0.25, 0.3) is 0 Å². The smallest absolute Gasteiger partial charge is 0.279 e. The van der Waals surface area contributed by atoms with Crippen molar-refractivity contribution >= 4 is 23.2 Å². The number of amides is 1. The molecule has 1 aliphatic heterocycles. The van der Waals surface area contributed by atoms with Crippen LogP contribution in [0.3, 0.4) is 0 Å². The maximum absolute atomic E-state index is 12.3. The van der Waals surface area contributed by atoms with E-state index >= 15 is 0 Å². The molecular weight excluding hydrogens is 288 g/mol. The highest BCUT2D eigenvalue weighted by Gasteiger charge is 2.27. The van der Waals surface area contributed by atoms with Crippen molar-refractivity contribution in [2.45, 2.75) is 39.9 Å². The molecule has 1 aromatic carbocycles. The summed E-state index contributed by atoms with van der Waals surface area (Å²) < 4.78 is 5.69. The van der Waals surface area contributed by atoms with Crippen molar-refractivity contribution < 1.29 is 14.4 Å². The minimum absolute atomic E-state index is 0.000142. The first-order chi connectivity index (χ1) is 9.85. The number of nitrogens with one attached hydrogen (secondary N) is 2. The number of carbonyl (C=O) groups excluding carboxylic acids is 1. The number of quaternary nitrogens is 1. The van der Waals surface area contributed by atoms with Crippen molar-refractivity contribution in [3.8, 4) is 0 Å². The lowest BCUT2D eigenvalue weighted by Gasteiger charge is -2.32. The van der Waals surface area contributed by atoms with Crippen LogP contribution in [0.2, 0.25) is 5.02 Å². The number of aryl methyl sites for hydroxylation is 2. The largest absolute Gasteiger partial charge is 0.364 e. The molecule has 0 radical (unpaired) electrons. The van der Waals surface area contributed by atoms with Crippen LogP contribution in [-0.4, -0.2) is 37.7 Å². The zero-order valence-corrected chi connectivity index (χ0v) is 13.9. The summed E-state index contributed by atoms with van der Waals surface area (Å²) in [6.45, 7) is 10.2. The van der Waals surface area contributed by atoms with Crippen LogP contribution in [0.4, 0.5) is 5.69 Å². The van der Waals surface area contributed by atoms with E-state index in [-0.39, 0.29) is 18.1 Å². The molecule has 4 nitrogen and oxygen atoms in total. The topological polar surface area (TPSA) is 42.8 Å². The third kappa shape index (κ3) is 4.43. The molecule has 116 valence electrons.